The Morgan fingerprint density at radius 3 is 2.52 bits per heavy atom. The Morgan fingerprint density at radius 2 is 1.95 bits per heavy atom. The van der Waals surface area contributed by atoms with E-state index in [1.807, 2.05) is 0 Å². The molecule has 1 aromatic carbocycles. The van der Waals surface area contributed by atoms with E-state index in [2.05, 4.69) is 5.32 Å². The molecular formula is C13H17F2NO5. The minimum atomic E-state index is -1.26. The maximum Gasteiger partial charge on any atom is 0.185 e. The number of halogens is 2. The lowest BCUT2D eigenvalue weighted by atomic mass is 9.96. The molecule has 0 unspecified atom stereocenters. The van der Waals surface area contributed by atoms with Crippen LogP contribution in [0.15, 0.2) is 18.2 Å². The van der Waals surface area contributed by atoms with Gasteiger partial charge in [-0.05, 0) is 12.1 Å². The van der Waals surface area contributed by atoms with E-state index in [-0.39, 0.29) is 5.69 Å². The Kier molecular flexibility index (Phi) is 5.07. The Labute approximate surface area is 119 Å². The molecule has 5 atom stereocenters. The molecule has 0 aliphatic carbocycles. The SMILES string of the molecule is CO[C@@H]1O[C@H](CO)[C@H](O)[C@@H](Nc2ccc(F)c(F)c2)[C@H]1O. The number of hydrogen-bond acceptors (Lipinski definition) is 6. The predicted molar refractivity (Wildman–Crippen MR) is 68.5 cm³/mol. The van der Waals surface area contributed by atoms with Crippen molar-refractivity contribution in [1.82, 2.24) is 0 Å². The quantitative estimate of drug-likeness (QED) is 0.617. The molecular weight excluding hydrogens is 288 g/mol. The molecule has 1 aliphatic heterocycles. The smallest absolute Gasteiger partial charge is 0.185 e. The highest BCUT2D eigenvalue weighted by molar-refractivity contribution is 5.45. The average molecular weight is 305 g/mol. The van der Waals surface area contributed by atoms with Crippen LogP contribution >= 0.6 is 0 Å². The number of benzene rings is 1. The average Bonchev–Trinajstić information content (AvgIpc) is 2.47. The highest BCUT2D eigenvalue weighted by atomic mass is 19.2. The van der Waals surface area contributed by atoms with Crippen molar-refractivity contribution in [2.45, 2.75) is 30.6 Å². The molecule has 1 heterocycles. The van der Waals surface area contributed by atoms with Crippen LogP contribution in [0.5, 0.6) is 0 Å². The van der Waals surface area contributed by atoms with Gasteiger partial charge in [0.1, 0.15) is 18.3 Å². The van der Waals surface area contributed by atoms with Gasteiger partial charge in [0.25, 0.3) is 0 Å². The number of hydrogen-bond donors (Lipinski definition) is 4. The van der Waals surface area contributed by atoms with Crippen molar-refractivity contribution in [1.29, 1.82) is 0 Å². The lowest BCUT2D eigenvalue weighted by Gasteiger charge is -2.42. The number of methoxy groups -OCH3 is 1. The van der Waals surface area contributed by atoms with E-state index < -0.39 is 48.9 Å². The third kappa shape index (κ3) is 3.30. The molecule has 1 aliphatic rings. The summed E-state index contributed by atoms with van der Waals surface area (Å²) in [5, 5.41) is 32.0. The summed E-state index contributed by atoms with van der Waals surface area (Å²) < 4.78 is 36.2. The van der Waals surface area contributed by atoms with Crippen LogP contribution in [0, 0.1) is 11.6 Å². The summed E-state index contributed by atoms with van der Waals surface area (Å²) in [7, 11) is 1.30. The molecule has 1 saturated heterocycles. The second kappa shape index (κ2) is 6.63. The molecule has 21 heavy (non-hydrogen) atoms. The summed E-state index contributed by atoms with van der Waals surface area (Å²) in [5.41, 5.74) is 0.172. The summed E-state index contributed by atoms with van der Waals surface area (Å²) in [5.74, 6) is -2.06. The first-order valence-corrected chi connectivity index (χ1v) is 6.34. The van der Waals surface area contributed by atoms with Crippen molar-refractivity contribution >= 4 is 5.69 Å². The zero-order chi connectivity index (χ0) is 15.6. The van der Waals surface area contributed by atoms with Gasteiger partial charge in [0.05, 0.1) is 12.6 Å². The van der Waals surface area contributed by atoms with Crippen molar-refractivity contribution in [3.63, 3.8) is 0 Å². The van der Waals surface area contributed by atoms with Crippen molar-refractivity contribution in [3.8, 4) is 0 Å². The Hall–Kier alpha value is -1.32. The third-order valence-corrected chi connectivity index (χ3v) is 3.37. The van der Waals surface area contributed by atoms with Crippen molar-refractivity contribution < 1.29 is 33.6 Å². The largest absolute Gasteiger partial charge is 0.394 e. The molecule has 8 heteroatoms. The highest BCUT2D eigenvalue weighted by Crippen LogP contribution is 2.25. The van der Waals surface area contributed by atoms with E-state index in [0.29, 0.717) is 0 Å². The molecule has 2 rings (SSSR count). The second-order valence-corrected chi connectivity index (χ2v) is 4.74. The minimum absolute atomic E-state index is 0.172. The number of aliphatic hydroxyl groups excluding tert-OH is 3. The van der Waals surface area contributed by atoms with Crippen molar-refractivity contribution in [2.24, 2.45) is 0 Å². The Morgan fingerprint density at radius 1 is 1.24 bits per heavy atom. The number of ether oxygens (including phenoxy) is 2. The van der Waals surface area contributed by atoms with Crippen LogP contribution in [0.2, 0.25) is 0 Å². The second-order valence-electron chi connectivity index (χ2n) is 4.74. The third-order valence-electron chi connectivity index (χ3n) is 3.37. The normalized spacial score (nSPS) is 33.0. The van der Waals surface area contributed by atoms with Crippen molar-refractivity contribution in [3.05, 3.63) is 29.8 Å². The summed E-state index contributed by atoms with van der Waals surface area (Å²) in [6.45, 7) is -0.482. The van der Waals surface area contributed by atoms with Gasteiger partial charge in [-0.2, -0.15) is 0 Å². The highest BCUT2D eigenvalue weighted by Gasteiger charge is 2.44. The van der Waals surface area contributed by atoms with Gasteiger partial charge in [0.2, 0.25) is 0 Å². The Bertz CT molecular complexity index is 474. The number of nitrogens with one attached hydrogen (secondary N) is 1. The van der Waals surface area contributed by atoms with E-state index in [9.17, 15) is 19.0 Å². The molecule has 0 bridgehead atoms. The minimum Gasteiger partial charge on any atom is -0.394 e. The van der Waals surface area contributed by atoms with E-state index in [1.165, 1.54) is 13.2 Å². The predicted octanol–water partition coefficient (Wildman–Crippen LogP) is -0.169. The van der Waals surface area contributed by atoms with E-state index >= 15 is 0 Å². The fraction of sp³-hybridized carbons (Fsp3) is 0.538. The van der Waals surface area contributed by atoms with Gasteiger partial charge in [0, 0.05) is 18.9 Å². The van der Waals surface area contributed by atoms with Crippen molar-refractivity contribution in [2.75, 3.05) is 19.0 Å². The molecule has 0 aromatic heterocycles. The van der Waals surface area contributed by atoms with Crippen LogP contribution in [-0.2, 0) is 9.47 Å². The maximum atomic E-state index is 13.2. The fourth-order valence-electron chi connectivity index (χ4n) is 2.23. The molecule has 1 fully saturated rings. The van der Waals surface area contributed by atoms with Crippen LogP contribution in [-0.4, -0.2) is 59.7 Å². The van der Waals surface area contributed by atoms with E-state index in [1.54, 1.807) is 0 Å². The van der Waals surface area contributed by atoms with Crippen LogP contribution in [0.3, 0.4) is 0 Å². The monoisotopic (exact) mass is 305 g/mol. The molecule has 0 radical (unpaired) electrons. The summed E-state index contributed by atoms with van der Waals surface area (Å²) in [4.78, 5) is 0. The maximum absolute atomic E-state index is 13.2. The van der Waals surface area contributed by atoms with Crippen LogP contribution in [0.1, 0.15) is 0 Å². The number of aliphatic hydroxyl groups is 3. The van der Waals surface area contributed by atoms with Crippen LogP contribution in [0.4, 0.5) is 14.5 Å². The first-order valence-electron chi connectivity index (χ1n) is 6.34. The van der Waals surface area contributed by atoms with Crippen LogP contribution in [0.25, 0.3) is 0 Å². The molecule has 6 nitrogen and oxygen atoms in total. The zero-order valence-corrected chi connectivity index (χ0v) is 11.2. The van der Waals surface area contributed by atoms with E-state index in [4.69, 9.17) is 14.6 Å². The standard InChI is InChI=1S/C13H17F2NO5/c1-20-13-12(19)10(11(18)9(5-17)21-13)16-6-2-3-7(14)8(15)4-6/h2-4,9-13,16-19H,5H2,1H3/t9-,10-,11+,12-,13-/m1/s1. The van der Waals surface area contributed by atoms with Gasteiger partial charge < -0.3 is 30.1 Å². The molecule has 4 N–H and O–H groups in total. The molecule has 118 valence electrons. The van der Waals surface area contributed by atoms with Gasteiger partial charge in [-0.25, -0.2) is 8.78 Å². The summed E-state index contributed by atoms with van der Waals surface area (Å²) in [6.07, 6.45) is -4.56. The van der Waals surface area contributed by atoms with Gasteiger partial charge in [-0.15, -0.1) is 0 Å². The summed E-state index contributed by atoms with van der Waals surface area (Å²) >= 11 is 0. The van der Waals surface area contributed by atoms with Gasteiger partial charge >= 0.3 is 0 Å². The van der Waals surface area contributed by atoms with Crippen LogP contribution < -0.4 is 5.32 Å². The van der Waals surface area contributed by atoms with Gasteiger partial charge in [-0.3, -0.25) is 0 Å². The van der Waals surface area contributed by atoms with Gasteiger partial charge in [0.15, 0.2) is 17.9 Å². The lowest BCUT2D eigenvalue weighted by molar-refractivity contribution is -0.265. The summed E-state index contributed by atoms with van der Waals surface area (Å²) in [6, 6.07) is 2.11. The van der Waals surface area contributed by atoms with E-state index in [0.717, 1.165) is 12.1 Å². The topological polar surface area (TPSA) is 91.2 Å². The number of anilines is 1. The molecule has 0 spiro atoms. The first-order chi connectivity index (χ1) is 9.97. The molecule has 0 amide bonds. The van der Waals surface area contributed by atoms with Gasteiger partial charge in [-0.1, -0.05) is 0 Å². The first kappa shape index (κ1) is 16.1. The number of rotatable bonds is 4. The molecule has 0 saturated carbocycles. The lowest BCUT2D eigenvalue weighted by Crippen LogP contribution is -2.61. The fourth-order valence-corrected chi connectivity index (χ4v) is 2.23. The zero-order valence-electron chi connectivity index (χ0n) is 11.2. The Balaban J connectivity index is 2.19. The molecule has 1 aromatic rings.